The van der Waals surface area contributed by atoms with E-state index in [0.717, 1.165) is 36.8 Å². The monoisotopic (exact) mass is 436 g/mol. The molecule has 2 amide bonds. The van der Waals surface area contributed by atoms with E-state index in [1.54, 1.807) is 20.0 Å². The predicted molar refractivity (Wildman–Crippen MR) is 123 cm³/mol. The molecule has 4 rings (SSSR count). The standard InChI is InChI=1S/C24H32N6O2/c1-18(31)30-14-13-28(17-22(30)19-7-6-8-20(15-19)23(32)25-2)16-21-9-10-26-24(27-21)29-11-4-3-5-12-29/h6-10,15,22H,3-5,11-14,16-17H2,1-2H3,(H,25,32)/t22-/m0/s1. The van der Waals surface area contributed by atoms with Crippen LogP contribution in [0.1, 0.15) is 53.8 Å². The summed E-state index contributed by atoms with van der Waals surface area (Å²) >= 11 is 0. The molecule has 0 aliphatic carbocycles. The van der Waals surface area contributed by atoms with Crippen molar-refractivity contribution in [2.24, 2.45) is 0 Å². The molecular formula is C24H32N6O2. The van der Waals surface area contributed by atoms with Crippen molar-refractivity contribution in [3.63, 3.8) is 0 Å². The number of carbonyl (C=O) groups is 2. The Morgan fingerprint density at radius 1 is 1.09 bits per heavy atom. The molecule has 32 heavy (non-hydrogen) atoms. The number of hydrogen-bond acceptors (Lipinski definition) is 6. The molecule has 2 aliphatic rings. The third-order valence-corrected chi connectivity index (χ3v) is 6.35. The fourth-order valence-corrected chi connectivity index (χ4v) is 4.62. The number of hydrogen-bond donors (Lipinski definition) is 1. The Morgan fingerprint density at radius 3 is 2.66 bits per heavy atom. The molecule has 0 unspecified atom stereocenters. The van der Waals surface area contributed by atoms with Crippen LogP contribution in [0.25, 0.3) is 0 Å². The molecule has 0 bridgehead atoms. The van der Waals surface area contributed by atoms with Crippen LogP contribution < -0.4 is 10.2 Å². The van der Waals surface area contributed by atoms with Gasteiger partial charge in [-0.2, -0.15) is 0 Å². The number of piperidine rings is 1. The van der Waals surface area contributed by atoms with E-state index in [2.05, 4.69) is 20.1 Å². The summed E-state index contributed by atoms with van der Waals surface area (Å²) in [5.41, 5.74) is 2.57. The molecule has 1 aromatic heterocycles. The summed E-state index contributed by atoms with van der Waals surface area (Å²) in [6.45, 7) is 6.48. The minimum Gasteiger partial charge on any atom is -0.355 e. The van der Waals surface area contributed by atoms with E-state index in [1.807, 2.05) is 35.4 Å². The molecule has 8 nitrogen and oxygen atoms in total. The highest BCUT2D eigenvalue weighted by Gasteiger charge is 2.30. The average Bonchev–Trinajstić information content (AvgIpc) is 2.84. The Kier molecular flexibility index (Phi) is 6.99. The van der Waals surface area contributed by atoms with Crippen molar-refractivity contribution in [3.05, 3.63) is 53.3 Å². The minimum atomic E-state index is -0.125. The van der Waals surface area contributed by atoms with Gasteiger partial charge in [0, 0.05) is 65.0 Å². The predicted octanol–water partition coefficient (Wildman–Crippen LogP) is 2.23. The number of amides is 2. The first-order chi connectivity index (χ1) is 15.5. The van der Waals surface area contributed by atoms with Gasteiger partial charge in [-0.25, -0.2) is 9.97 Å². The number of piperazine rings is 1. The minimum absolute atomic E-state index is 0.0504. The quantitative estimate of drug-likeness (QED) is 0.774. The molecular weight excluding hydrogens is 404 g/mol. The maximum Gasteiger partial charge on any atom is 0.251 e. The molecule has 2 aromatic rings. The largest absolute Gasteiger partial charge is 0.355 e. The average molecular weight is 437 g/mol. The fourth-order valence-electron chi connectivity index (χ4n) is 4.62. The van der Waals surface area contributed by atoms with Crippen LogP contribution in [-0.4, -0.2) is 71.4 Å². The summed E-state index contributed by atoms with van der Waals surface area (Å²) in [6, 6.07) is 9.44. The van der Waals surface area contributed by atoms with Gasteiger partial charge < -0.3 is 15.1 Å². The Hall–Kier alpha value is -3.00. The second kappa shape index (κ2) is 10.1. The Balaban J connectivity index is 1.51. The van der Waals surface area contributed by atoms with E-state index < -0.39 is 0 Å². The van der Waals surface area contributed by atoms with Crippen molar-refractivity contribution in [2.75, 3.05) is 44.7 Å². The number of nitrogens with one attached hydrogen (secondary N) is 1. The van der Waals surface area contributed by atoms with Gasteiger partial charge in [0.15, 0.2) is 0 Å². The molecule has 0 saturated carbocycles. The number of anilines is 1. The van der Waals surface area contributed by atoms with E-state index in [-0.39, 0.29) is 17.9 Å². The second-order valence-electron chi connectivity index (χ2n) is 8.56. The molecule has 2 fully saturated rings. The van der Waals surface area contributed by atoms with Gasteiger partial charge in [-0.1, -0.05) is 12.1 Å². The van der Waals surface area contributed by atoms with Crippen molar-refractivity contribution in [3.8, 4) is 0 Å². The summed E-state index contributed by atoms with van der Waals surface area (Å²) in [7, 11) is 1.62. The highest BCUT2D eigenvalue weighted by Crippen LogP contribution is 2.27. The van der Waals surface area contributed by atoms with Gasteiger partial charge in [0.05, 0.1) is 11.7 Å². The summed E-state index contributed by atoms with van der Waals surface area (Å²) in [5.74, 6) is 0.744. The number of benzene rings is 1. The topological polar surface area (TPSA) is 81.7 Å². The van der Waals surface area contributed by atoms with Gasteiger partial charge in [0.2, 0.25) is 11.9 Å². The van der Waals surface area contributed by atoms with E-state index in [9.17, 15) is 9.59 Å². The van der Waals surface area contributed by atoms with Crippen molar-refractivity contribution in [1.82, 2.24) is 25.1 Å². The van der Waals surface area contributed by atoms with Crippen molar-refractivity contribution < 1.29 is 9.59 Å². The molecule has 8 heteroatoms. The van der Waals surface area contributed by atoms with Crippen LogP contribution in [0, 0.1) is 0 Å². The van der Waals surface area contributed by atoms with Crippen LogP contribution in [0.2, 0.25) is 0 Å². The van der Waals surface area contributed by atoms with Crippen molar-refractivity contribution >= 4 is 17.8 Å². The fraction of sp³-hybridized carbons (Fsp3) is 0.500. The van der Waals surface area contributed by atoms with E-state index in [1.165, 1.54) is 19.3 Å². The maximum absolute atomic E-state index is 12.3. The Bertz CT molecular complexity index is 959. The van der Waals surface area contributed by atoms with Crippen LogP contribution in [0.4, 0.5) is 5.95 Å². The first-order valence-electron chi connectivity index (χ1n) is 11.4. The van der Waals surface area contributed by atoms with E-state index in [4.69, 9.17) is 4.98 Å². The molecule has 2 aliphatic heterocycles. The molecule has 170 valence electrons. The highest BCUT2D eigenvalue weighted by molar-refractivity contribution is 5.94. The SMILES string of the molecule is CNC(=O)c1cccc([C@@H]2CN(Cc3ccnc(N4CCCCC4)n3)CCN2C(C)=O)c1. The van der Waals surface area contributed by atoms with Crippen LogP contribution in [0.5, 0.6) is 0 Å². The molecule has 0 spiro atoms. The van der Waals surface area contributed by atoms with Gasteiger partial charge in [-0.15, -0.1) is 0 Å². The van der Waals surface area contributed by atoms with E-state index >= 15 is 0 Å². The van der Waals surface area contributed by atoms with Crippen LogP contribution in [0.15, 0.2) is 36.5 Å². The van der Waals surface area contributed by atoms with Gasteiger partial charge in [-0.3, -0.25) is 14.5 Å². The van der Waals surface area contributed by atoms with Crippen LogP contribution in [0.3, 0.4) is 0 Å². The number of nitrogens with zero attached hydrogens (tertiary/aromatic N) is 5. The van der Waals surface area contributed by atoms with Crippen molar-refractivity contribution in [1.29, 1.82) is 0 Å². The zero-order chi connectivity index (χ0) is 22.5. The van der Waals surface area contributed by atoms with Crippen LogP contribution in [-0.2, 0) is 11.3 Å². The molecule has 2 saturated heterocycles. The summed E-state index contributed by atoms with van der Waals surface area (Å²) in [6.07, 6.45) is 5.51. The zero-order valence-electron chi connectivity index (χ0n) is 19.0. The smallest absolute Gasteiger partial charge is 0.251 e. The van der Waals surface area contributed by atoms with Gasteiger partial charge in [-0.05, 0) is 43.0 Å². The van der Waals surface area contributed by atoms with E-state index in [0.29, 0.717) is 25.2 Å². The lowest BCUT2D eigenvalue weighted by molar-refractivity contribution is -0.134. The third-order valence-electron chi connectivity index (χ3n) is 6.35. The molecule has 1 N–H and O–H groups in total. The molecule has 1 aromatic carbocycles. The normalized spacial score (nSPS) is 19.6. The Labute approximate surface area is 189 Å². The second-order valence-corrected chi connectivity index (χ2v) is 8.56. The van der Waals surface area contributed by atoms with Crippen molar-refractivity contribution in [2.45, 2.75) is 38.8 Å². The third kappa shape index (κ3) is 5.07. The first kappa shape index (κ1) is 22.2. The lowest BCUT2D eigenvalue weighted by Gasteiger charge is -2.41. The molecule has 3 heterocycles. The zero-order valence-corrected chi connectivity index (χ0v) is 19.0. The van der Waals surface area contributed by atoms with Gasteiger partial charge in [0.1, 0.15) is 0 Å². The summed E-state index contributed by atoms with van der Waals surface area (Å²) in [4.78, 5) is 40.3. The lowest BCUT2D eigenvalue weighted by Crippen LogP contribution is -2.49. The Morgan fingerprint density at radius 2 is 1.91 bits per heavy atom. The molecule has 0 radical (unpaired) electrons. The van der Waals surface area contributed by atoms with Gasteiger partial charge >= 0.3 is 0 Å². The molecule has 1 atom stereocenters. The summed E-state index contributed by atoms with van der Waals surface area (Å²) < 4.78 is 0. The maximum atomic E-state index is 12.3. The number of rotatable bonds is 5. The van der Waals surface area contributed by atoms with Crippen LogP contribution >= 0.6 is 0 Å². The summed E-state index contributed by atoms with van der Waals surface area (Å²) in [5, 5.41) is 2.67. The highest BCUT2D eigenvalue weighted by atomic mass is 16.2. The number of aromatic nitrogens is 2. The lowest BCUT2D eigenvalue weighted by atomic mass is 9.99. The first-order valence-corrected chi connectivity index (χ1v) is 11.4. The number of carbonyl (C=O) groups excluding carboxylic acids is 2. The van der Waals surface area contributed by atoms with Gasteiger partial charge in [0.25, 0.3) is 5.91 Å².